The van der Waals surface area contributed by atoms with Gasteiger partial charge < -0.3 is 9.64 Å². The van der Waals surface area contributed by atoms with E-state index in [-0.39, 0.29) is 5.97 Å². The summed E-state index contributed by atoms with van der Waals surface area (Å²) in [5, 5.41) is 0. The van der Waals surface area contributed by atoms with Gasteiger partial charge in [0.1, 0.15) is 6.33 Å². The second-order valence-electron chi connectivity index (χ2n) is 4.33. The van der Waals surface area contributed by atoms with Crippen molar-refractivity contribution in [3.05, 3.63) is 48.0 Å². The molecular weight excluding hydrogens is 242 g/mol. The zero-order valence-electron chi connectivity index (χ0n) is 10.5. The Bertz CT molecular complexity index is 613. The normalized spacial score (nSPS) is 13.2. The highest BCUT2D eigenvalue weighted by atomic mass is 16.5. The van der Waals surface area contributed by atoms with Gasteiger partial charge in [-0.25, -0.2) is 14.8 Å². The minimum Gasteiger partial charge on any atom is -0.465 e. The standard InChI is InChI=1S/C14H13N3O2/c1-19-14(18)11-3-2-10-4-5-17(13(10)6-11)12-7-15-9-16-8-12/h2-3,6-9H,4-5H2,1H3. The van der Waals surface area contributed by atoms with Gasteiger partial charge in [0.15, 0.2) is 0 Å². The van der Waals surface area contributed by atoms with Crippen molar-refractivity contribution in [1.29, 1.82) is 0 Å². The predicted octanol–water partition coefficient (Wildman–Crippen LogP) is 1.96. The van der Waals surface area contributed by atoms with Crippen molar-refractivity contribution in [1.82, 2.24) is 9.97 Å². The number of esters is 1. The number of aromatic nitrogens is 2. The Labute approximate surface area is 110 Å². The smallest absolute Gasteiger partial charge is 0.337 e. The molecule has 0 fully saturated rings. The lowest BCUT2D eigenvalue weighted by atomic mass is 10.1. The van der Waals surface area contributed by atoms with E-state index in [1.54, 1.807) is 18.5 Å². The van der Waals surface area contributed by atoms with Gasteiger partial charge in [-0.3, -0.25) is 0 Å². The Morgan fingerprint density at radius 2 is 2.11 bits per heavy atom. The lowest BCUT2D eigenvalue weighted by molar-refractivity contribution is 0.0601. The molecule has 0 amide bonds. The highest BCUT2D eigenvalue weighted by molar-refractivity contribution is 5.91. The third-order valence-electron chi connectivity index (χ3n) is 3.26. The van der Waals surface area contributed by atoms with E-state index >= 15 is 0 Å². The van der Waals surface area contributed by atoms with E-state index in [9.17, 15) is 4.79 Å². The third-order valence-corrected chi connectivity index (χ3v) is 3.26. The molecule has 2 aromatic rings. The summed E-state index contributed by atoms with van der Waals surface area (Å²) in [6.07, 6.45) is 6.00. The van der Waals surface area contributed by atoms with Crippen LogP contribution < -0.4 is 4.90 Å². The molecule has 0 saturated carbocycles. The van der Waals surface area contributed by atoms with E-state index in [1.807, 2.05) is 12.1 Å². The van der Waals surface area contributed by atoms with Crippen molar-refractivity contribution in [2.75, 3.05) is 18.6 Å². The average molecular weight is 255 g/mol. The number of ether oxygens (including phenoxy) is 1. The predicted molar refractivity (Wildman–Crippen MR) is 70.5 cm³/mol. The molecule has 5 nitrogen and oxygen atoms in total. The molecule has 0 unspecified atom stereocenters. The number of nitrogens with zero attached hydrogens (tertiary/aromatic N) is 3. The lowest BCUT2D eigenvalue weighted by Gasteiger charge is -2.18. The van der Waals surface area contributed by atoms with Gasteiger partial charge in [-0.15, -0.1) is 0 Å². The van der Waals surface area contributed by atoms with Crippen molar-refractivity contribution in [2.45, 2.75) is 6.42 Å². The molecular formula is C14H13N3O2. The van der Waals surface area contributed by atoms with Crippen LogP contribution in [0.1, 0.15) is 15.9 Å². The number of carbonyl (C=O) groups excluding carboxylic acids is 1. The quantitative estimate of drug-likeness (QED) is 0.768. The number of rotatable bonds is 2. The van der Waals surface area contributed by atoms with Crippen LogP contribution in [0.3, 0.4) is 0 Å². The first-order valence-corrected chi connectivity index (χ1v) is 6.03. The summed E-state index contributed by atoms with van der Waals surface area (Å²) in [5.41, 5.74) is 3.74. The fraction of sp³-hybridized carbons (Fsp3) is 0.214. The fourth-order valence-electron chi connectivity index (χ4n) is 2.32. The number of hydrogen-bond donors (Lipinski definition) is 0. The van der Waals surface area contributed by atoms with E-state index in [4.69, 9.17) is 4.74 Å². The molecule has 0 N–H and O–H groups in total. The van der Waals surface area contributed by atoms with Crippen molar-refractivity contribution in [2.24, 2.45) is 0 Å². The number of fused-ring (bicyclic) bond motifs is 1. The van der Waals surface area contributed by atoms with Gasteiger partial charge in [-0.05, 0) is 24.1 Å². The topological polar surface area (TPSA) is 55.3 Å². The van der Waals surface area contributed by atoms with Crippen LogP contribution in [0.4, 0.5) is 11.4 Å². The van der Waals surface area contributed by atoms with E-state index in [2.05, 4.69) is 14.9 Å². The minimum absolute atomic E-state index is 0.320. The molecule has 1 aliphatic rings. The summed E-state index contributed by atoms with van der Waals surface area (Å²) in [5.74, 6) is -0.320. The number of benzene rings is 1. The van der Waals surface area contributed by atoms with Crippen molar-refractivity contribution in [3.8, 4) is 0 Å². The highest BCUT2D eigenvalue weighted by Crippen LogP contribution is 2.34. The van der Waals surface area contributed by atoms with Crippen molar-refractivity contribution in [3.63, 3.8) is 0 Å². The minimum atomic E-state index is -0.320. The monoisotopic (exact) mass is 255 g/mol. The second-order valence-corrected chi connectivity index (χ2v) is 4.33. The zero-order chi connectivity index (χ0) is 13.2. The van der Waals surface area contributed by atoms with Gasteiger partial charge in [0.25, 0.3) is 0 Å². The van der Waals surface area contributed by atoms with Gasteiger partial charge in [-0.1, -0.05) is 6.07 Å². The molecule has 0 saturated heterocycles. The Balaban J connectivity index is 2.01. The van der Waals surface area contributed by atoms with Gasteiger partial charge >= 0.3 is 5.97 Å². The van der Waals surface area contributed by atoms with E-state index in [1.165, 1.54) is 19.0 Å². The molecule has 5 heteroatoms. The number of methoxy groups -OCH3 is 1. The first kappa shape index (κ1) is 11.6. The molecule has 0 bridgehead atoms. The van der Waals surface area contributed by atoms with Gasteiger partial charge in [-0.2, -0.15) is 0 Å². The molecule has 0 atom stereocenters. The zero-order valence-corrected chi connectivity index (χ0v) is 10.5. The molecule has 3 rings (SSSR count). The number of hydrogen-bond acceptors (Lipinski definition) is 5. The number of carbonyl (C=O) groups is 1. The van der Waals surface area contributed by atoms with Gasteiger partial charge in [0.05, 0.1) is 30.8 Å². The summed E-state index contributed by atoms with van der Waals surface area (Å²) in [6.45, 7) is 0.868. The van der Waals surface area contributed by atoms with Crippen LogP contribution in [0.25, 0.3) is 0 Å². The molecule has 0 spiro atoms. The Hall–Kier alpha value is -2.43. The summed E-state index contributed by atoms with van der Waals surface area (Å²) in [7, 11) is 1.39. The van der Waals surface area contributed by atoms with Crippen molar-refractivity contribution >= 4 is 17.3 Å². The van der Waals surface area contributed by atoms with E-state index < -0.39 is 0 Å². The lowest BCUT2D eigenvalue weighted by Crippen LogP contribution is -2.14. The third kappa shape index (κ3) is 2.03. The average Bonchev–Trinajstić information content (AvgIpc) is 2.90. The molecule has 1 aliphatic heterocycles. The molecule has 0 radical (unpaired) electrons. The molecule has 19 heavy (non-hydrogen) atoms. The maximum atomic E-state index is 11.6. The van der Waals surface area contributed by atoms with Crippen LogP contribution >= 0.6 is 0 Å². The van der Waals surface area contributed by atoms with Gasteiger partial charge in [0.2, 0.25) is 0 Å². The molecule has 96 valence electrons. The summed E-state index contributed by atoms with van der Waals surface area (Å²) < 4.78 is 4.75. The first-order chi connectivity index (χ1) is 9.29. The molecule has 1 aromatic carbocycles. The Morgan fingerprint density at radius 3 is 2.84 bits per heavy atom. The van der Waals surface area contributed by atoms with Crippen LogP contribution in [0, 0.1) is 0 Å². The summed E-state index contributed by atoms with van der Waals surface area (Å²) in [6, 6.07) is 5.64. The molecule has 1 aromatic heterocycles. The largest absolute Gasteiger partial charge is 0.465 e. The van der Waals surface area contributed by atoms with Crippen LogP contribution in [-0.2, 0) is 11.2 Å². The fourth-order valence-corrected chi connectivity index (χ4v) is 2.32. The second kappa shape index (κ2) is 4.68. The Kier molecular flexibility index (Phi) is 2.87. The number of anilines is 2. The van der Waals surface area contributed by atoms with Crippen molar-refractivity contribution < 1.29 is 9.53 Å². The summed E-state index contributed by atoms with van der Waals surface area (Å²) in [4.78, 5) is 21.8. The Morgan fingerprint density at radius 1 is 1.32 bits per heavy atom. The summed E-state index contributed by atoms with van der Waals surface area (Å²) >= 11 is 0. The van der Waals surface area contributed by atoms with Crippen LogP contribution in [0.5, 0.6) is 0 Å². The molecule has 0 aliphatic carbocycles. The maximum absolute atomic E-state index is 11.6. The van der Waals surface area contributed by atoms with E-state index in [0.29, 0.717) is 5.56 Å². The highest BCUT2D eigenvalue weighted by Gasteiger charge is 2.22. The van der Waals surface area contributed by atoms with Crippen LogP contribution in [-0.4, -0.2) is 29.6 Å². The van der Waals surface area contributed by atoms with Gasteiger partial charge in [0, 0.05) is 12.2 Å². The van der Waals surface area contributed by atoms with E-state index in [0.717, 1.165) is 24.3 Å². The SMILES string of the molecule is COC(=O)c1ccc2c(c1)N(c1cncnc1)CC2. The molecule has 2 heterocycles. The van der Waals surface area contributed by atoms with Crippen LogP contribution in [0.15, 0.2) is 36.9 Å². The maximum Gasteiger partial charge on any atom is 0.337 e. The first-order valence-electron chi connectivity index (χ1n) is 6.03. The van der Waals surface area contributed by atoms with Crippen LogP contribution in [0.2, 0.25) is 0 Å².